The number of ether oxygens (including phenoxy) is 1. The summed E-state index contributed by atoms with van der Waals surface area (Å²) < 4.78 is 5.60. The molecule has 0 aromatic heterocycles. The van der Waals surface area contributed by atoms with Gasteiger partial charge in [0.1, 0.15) is 17.9 Å². The normalized spacial score (nSPS) is 18.0. The van der Waals surface area contributed by atoms with E-state index in [4.69, 9.17) is 4.74 Å². The summed E-state index contributed by atoms with van der Waals surface area (Å²) in [5.41, 5.74) is 0.812. The lowest BCUT2D eigenvalue weighted by molar-refractivity contribution is -0.136. The van der Waals surface area contributed by atoms with E-state index in [0.717, 1.165) is 24.9 Å². The molecule has 9 nitrogen and oxygen atoms in total. The molecule has 2 N–H and O–H groups in total. The number of benzene rings is 2. The van der Waals surface area contributed by atoms with Crippen molar-refractivity contribution in [1.29, 1.82) is 0 Å². The van der Waals surface area contributed by atoms with E-state index in [1.54, 1.807) is 23.1 Å². The van der Waals surface area contributed by atoms with Crippen molar-refractivity contribution in [3.05, 3.63) is 80.1 Å². The zero-order valence-electron chi connectivity index (χ0n) is 21.0. The quantitative estimate of drug-likeness (QED) is 0.456. The van der Waals surface area contributed by atoms with Gasteiger partial charge < -0.3 is 25.2 Å². The number of methoxy groups -OCH3 is 1. The van der Waals surface area contributed by atoms with Crippen LogP contribution in [0.15, 0.2) is 58.1 Å². The Bertz CT molecular complexity index is 1400. The summed E-state index contributed by atoms with van der Waals surface area (Å²) in [6.07, 6.45) is 2.54. The number of hydrogen-bond donors (Lipinski definition) is 2. The highest BCUT2D eigenvalue weighted by molar-refractivity contribution is 6.01. The van der Waals surface area contributed by atoms with E-state index in [-0.39, 0.29) is 53.1 Å². The number of fused-ring (bicyclic) bond motifs is 1. The number of anilines is 3. The Kier molecular flexibility index (Phi) is 6.69. The second-order valence-electron chi connectivity index (χ2n) is 9.50. The number of piperazine rings is 1. The number of nitrogens with one attached hydrogen (secondary N) is 2. The zero-order valence-corrected chi connectivity index (χ0v) is 21.0. The average molecular weight is 503 g/mol. The third-order valence-corrected chi connectivity index (χ3v) is 7.29. The summed E-state index contributed by atoms with van der Waals surface area (Å²) in [7, 11) is 1.45. The molecule has 0 spiro atoms. The first-order chi connectivity index (χ1) is 17.9. The highest BCUT2D eigenvalue weighted by atomic mass is 16.5. The summed E-state index contributed by atoms with van der Waals surface area (Å²) in [5.74, 6) is -0.0968. The van der Waals surface area contributed by atoms with E-state index in [1.807, 2.05) is 42.2 Å². The fraction of sp³-hybridized carbons (Fsp3) is 0.357. The lowest BCUT2D eigenvalue weighted by Gasteiger charge is -2.37. The van der Waals surface area contributed by atoms with Crippen LogP contribution in [0.5, 0.6) is 5.75 Å². The van der Waals surface area contributed by atoms with Crippen molar-refractivity contribution in [1.82, 2.24) is 9.80 Å². The van der Waals surface area contributed by atoms with Crippen molar-refractivity contribution in [3.8, 4) is 5.75 Å². The summed E-state index contributed by atoms with van der Waals surface area (Å²) in [6.45, 7) is 3.25. The second-order valence-corrected chi connectivity index (χ2v) is 9.50. The van der Waals surface area contributed by atoms with Crippen LogP contribution in [-0.4, -0.2) is 54.4 Å². The molecule has 3 aromatic carbocycles. The molecular formula is C28H30N4O5. The Morgan fingerprint density at radius 2 is 1.81 bits per heavy atom. The van der Waals surface area contributed by atoms with Gasteiger partial charge in [-0.25, -0.2) is 0 Å². The minimum absolute atomic E-state index is 0.0280. The third kappa shape index (κ3) is 4.45. The maximum atomic E-state index is 13.5. The molecule has 2 atom stereocenters. The predicted molar refractivity (Wildman–Crippen MR) is 141 cm³/mol. The smallest absolute Gasteiger partial charge is 0.258 e. The van der Waals surface area contributed by atoms with Crippen LogP contribution in [0.1, 0.15) is 48.1 Å². The van der Waals surface area contributed by atoms with Gasteiger partial charge in [-0.1, -0.05) is 43.3 Å². The Hall–Kier alpha value is -4.14. The molecule has 2 aliphatic rings. The van der Waals surface area contributed by atoms with Crippen LogP contribution in [0, 0.1) is 0 Å². The van der Waals surface area contributed by atoms with Gasteiger partial charge in [-0.15, -0.1) is 0 Å². The van der Waals surface area contributed by atoms with Crippen molar-refractivity contribution < 1.29 is 14.3 Å². The van der Waals surface area contributed by atoms with Crippen LogP contribution in [0.3, 0.4) is 0 Å². The summed E-state index contributed by atoms with van der Waals surface area (Å²) in [5, 5.41) is 6.24. The molecule has 2 unspecified atom stereocenters. The van der Waals surface area contributed by atoms with Crippen LogP contribution < -0.4 is 26.2 Å². The Labute approximate surface area is 214 Å². The van der Waals surface area contributed by atoms with Crippen molar-refractivity contribution in [2.75, 3.05) is 37.4 Å². The molecule has 2 fully saturated rings. The zero-order chi connectivity index (χ0) is 26.1. The molecule has 192 valence electrons. The van der Waals surface area contributed by atoms with Crippen LogP contribution in [0.4, 0.5) is 17.1 Å². The SMILES string of the molecule is CCC(Nc1c(Nc2cccc(C(=O)N3CC(=O)N4CCCC4C3)c2OC)c(=O)c1=O)c1ccccc1. The van der Waals surface area contributed by atoms with E-state index >= 15 is 0 Å². The fourth-order valence-corrected chi connectivity index (χ4v) is 5.34. The van der Waals surface area contributed by atoms with Crippen LogP contribution >= 0.6 is 0 Å². The van der Waals surface area contributed by atoms with E-state index in [0.29, 0.717) is 18.7 Å². The highest BCUT2D eigenvalue weighted by Gasteiger charge is 2.38. The summed E-state index contributed by atoms with van der Waals surface area (Å²) in [4.78, 5) is 54.4. The number of hydrogen-bond acceptors (Lipinski definition) is 7. The number of para-hydroxylation sites is 1. The maximum absolute atomic E-state index is 13.5. The fourth-order valence-electron chi connectivity index (χ4n) is 5.34. The van der Waals surface area contributed by atoms with Gasteiger partial charge in [-0.05, 0) is 37.0 Å². The molecule has 3 aromatic rings. The maximum Gasteiger partial charge on any atom is 0.258 e. The molecule has 9 heteroatoms. The van der Waals surface area contributed by atoms with E-state index < -0.39 is 10.9 Å². The number of carbonyl (C=O) groups excluding carboxylic acids is 2. The first-order valence-electron chi connectivity index (χ1n) is 12.6. The molecule has 37 heavy (non-hydrogen) atoms. The van der Waals surface area contributed by atoms with Crippen LogP contribution in [-0.2, 0) is 4.79 Å². The van der Waals surface area contributed by atoms with Gasteiger partial charge in [0.05, 0.1) is 24.4 Å². The number of carbonyl (C=O) groups is 2. The molecule has 2 aliphatic heterocycles. The summed E-state index contributed by atoms with van der Waals surface area (Å²) >= 11 is 0. The van der Waals surface area contributed by atoms with Gasteiger partial charge in [0.15, 0.2) is 5.75 Å². The first-order valence-corrected chi connectivity index (χ1v) is 12.6. The Balaban J connectivity index is 1.40. The second kappa shape index (κ2) is 10.1. The number of rotatable bonds is 8. The van der Waals surface area contributed by atoms with Gasteiger partial charge >= 0.3 is 0 Å². The van der Waals surface area contributed by atoms with Gasteiger partial charge in [0, 0.05) is 19.1 Å². The molecule has 0 bridgehead atoms. The lowest BCUT2D eigenvalue weighted by Crippen LogP contribution is -2.55. The van der Waals surface area contributed by atoms with Crippen LogP contribution in [0.2, 0.25) is 0 Å². The van der Waals surface area contributed by atoms with Crippen molar-refractivity contribution in [2.45, 2.75) is 38.3 Å². The van der Waals surface area contributed by atoms with E-state index in [1.165, 1.54) is 7.11 Å². The van der Waals surface area contributed by atoms with Crippen molar-refractivity contribution >= 4 is 28.9 Å². The molecule has 5 rings (SSSR count). The molecular weight excluding hydrogens is 472 g/mol. The van der Waals surface area contributed by atoms with Gasteiger partial charge in [0.25, 0.3) is 16.8 Å². The lowest BCUT2D eigenvalue weighted by atomic mass is 10.0. The summed E-state index contributed by atoms with van der Waals surface area (Å²) in [6, 6.07) is 14.6. The number of amides is 2. The molecule has 0 radical (unpaired) electrons. The molecule has 2 saturated heterocycles. The monoisotopic (exact) mass is 502 g/mol. The molecule has 2 heterocycles. The highest BCUT2D eigenvalue weighted by Crippen LogP contribution is 2.35. The van der Waals surface area contributed by atoms with Gasteiger partial charge in [-0.3, -0.25) is 19.2 Å². The Morgan fingerprint density at radius 1 is 1.05 bits per heavy atom. The topological polar surface area (TPSA) is 108 Å². The average Bonchev–Trinajstić information content (AvgIpc) is 3.42. The Morgan fingerprint density at radius 3 is 2.54 bits per heavy atom. The largest absolute Gasteiger partial charge is 0.494 e. The minimum atomic E-state index is -0.632. The van der Waals surface area contributed by atoms with Gasteiger partial charge in [-0.2, -0.15) is 0 Å². The van der Waals surface area contributed by atoms with E-state index in [9.17, 15) is 19.2 Å². The van der Waals surface area contributed by atoms with E-state index in [2.05, 4.69) is 10.6 Å². The molecule has 2 amide bonds. The third-order valence-electron chi connectivity index (χ3n) is 7.29. The van der Waals surface area contributed by atoms with Gasteiger partial charge in [0.2, 0.25) is 5.91 Å². The number of nitrogens with zero attached hydrogens (tertiary/aromatic N) is 2. The van der Waals surface area contributed by atoms with Crippen molar-refractivity contribution in [3.63, 3.8) is 0 Å². The molecule has 0 saturated carbocycles. The standard InChI is InChI=1S/C28H30N4O5/c1-3-20(17-9-5-4-6-10-17)29-23-24(26(35)25(23)34)30-21-13-7-12-19(27(21)37-2)28(36)31-15-18-11-8-14-32(18)22(33)16-31/h4-7,9-10,12-13,18,20,29-30H,3,8,11,14-16H2,1-2H3. The molecule has 0 aliphatic carbocycles. The van der Waals surface area contributed by atoms with Crippen molar-refractivity contribution in [2.24, 2.45) is 0 Å². The van der Waals surface area contributed by atoms with Crippen LogP contribution in [0.25, 0.3) is 0 Å². The predicted octanol–water partition coefficient (Wildman–Crippen LogP) is 3.04. The minimum Gasteiger partial charge on any atom is -0.494 e. The first kappa shape index (κ1) is 24.5.